The highest BCUT2D eigenvalue weighted by Gasteiger charge is 2.22. The minimum absolute atomic E-state index is 0.255. The third-order valence-corrected chi connectivity index (χ3v) is 7.35. The Morgan fingerprint density at radius 1 is 1.38 bits per heavy atom. The van der Waals surface area contributed by atoms with Crippen molar-refractivity contribution in [2.45, 2.75) is 16.7 Å². The molecule has 0 amide bonds. The van der Waals surface area contributed by atoms with Crippen molar-refractivity contribution in [1.82, 2.24) is 10.0 Å². The smallest absolute Gasteiger partial charge is 0.243 e. The highest BCUT2D eigenvalue weighted by Crippen LogP contribution is 2.24. The number of sulfonamides is 1. The van der Waals surface area contributed by atoms with Crippen LogP contribution in [-0.2, 0) is 16.6 Å². The number of thioether (sulfide) groups is 2. The van der Waals surface area contributed by atoms with Crippen molar-refractivity contribution < 1.29 is 12.8 Å². The lowest BCUT2D eigenvalue weighted by atomic mass is 10.2. The molecule has 4 nitrogen and oxygen atoms in total. The van der Waals surface area contributed by atoms with Gasteiger partial charge in [-0.3, -0.25) is 0 Å². The summed E-state index contributed by atoms with van der Waals surface area (Å²) in [6.45, 7) is 0.846. The summed E-state index contributed by atoms with van der Waals surface area (Å²) in [5, 5.41) is 3.16. The second-order valence-electron chi connectivity index (χ2n) is 4.71. The Hall–Kier alpha value is -0.280. The van der Waals surface area contributed by atoms with Gasteiger partial charge in [-0.25, -0.2) is 17.5 Å². The van der Waals surface area contributed by atoms with E-state index in [1.54, 1.807) is 24.9 Å². The lowest BCUT2D eigenvalue weighted by molar-refractivity contribution is 0.555. The predicted molar refractivity (Wildman–Crippen MR) is 87.9 cm³/mol. The van der Waals surface area contributed by atoms with Gasteiger partial charge in [0.15, 0.2) is 0 Å². The van der Waals surface area contributed by atoms with E-state index in [-0.39, 0.29) is 10.1 Å². The summed E-state index contributed by atoms with van der Waals surface area (Å²) < 4.78 is 40.9. The lowest BCUT2D eigenvalue weighted by Crippen LogP contribution is -2.33. The van der Waals surface area contributed by atoms with E-state index in [0.29, 0.717) is 18.7 Å². The van der Waals surface area contributed by atoms with Crippen LogP contribution in [-0.4, -0.2) is 44.5 Å². The second-order valence-corrected chi connectivity index (χ2v) is 9.01. The summed E-state index contributed by atoms with van der Waals surface area (Å²) in [4.78, 5) is -0.282. The number of hydrogen-bond donors (Lipinski definition) is 2. The van der Waals surface area contributed by atoms with Crippen molar-refractivity contribution in [2.75, 3.05) is 30.9 Å². The molecular weight excluding hydrogens is 331 g/mol. The van der Waals surface area contributed by atoms with Crippen LogP contribution in [0.1, 0.15) is 5.56 Å². The first-order chi connectivity index (χ1) is 10.0. The maximum atomic E-state index is 14.0. The van der Waals surface area contributed by atoms with Gasteiger partial charge in [0.25, 0.3) is 0 Å². The molecular formula is C13H19FN2O2S3. The minimum Gasteiger partial charge on any atom is -0.316 e. The van der Waals surface area contributed by atoms with Crippen LogP contribution in [0.3, 0.4) is 0 Å². The third kappa shape index (κ3) is 4.85. The first kappa shape index (κ1) is 17.1. The number of benzene rings is 1. The molecule has 1 aliphatic rings. The zero-order valence-electron chi connectivity index (χ0n) is 11.8. The second kappa shape index (κ2) is 7.82. The quantitative estimate of drug-likeness (QED) is 0.817. The standard InChI is InChI=1S/C13H19FN2O2S3/c1-15-7-10-2-3-13(12(14)6-10)21(17,18)16-8-11-9-19-4-5-20-11/h2-3,6,11,15-16H,4-5,7-9H2,1H3. The molecule has 118 valence electrons. The highest BCUT2D eigenvalue weighted by atomic mass is 32.2. The summed E-state index contributed by atoms with van der Waals surface area (Å²) in [7, 11) is -2.04. The molecule has 0 bridgehead atoms. The molecule has 1 saturated heterocycles. The largest absolute Gasteiger partial charge is 0.316 e. The Morgan fingerprint density at radius 3 is 2.81 bits per heavy atom. The monoisotopic (exact) mass is 350 g/mol. The summed E-state index contributed by atoms with van der Waals surface area (Å²) in [6, 6.07) is 4.21. The van der Waals surface area contributed by atoms with Gasteiger partial charge in [-0.2, -0.15) is 23.5 Å². The SMILES string of the molecule is CNCc1ccc(S(=O)(=O)NCC2CSCCS2)c(F)c1. The van der Waals surface area contributed by atoms with Gasteiger partial charge in [-0.1, -0.05) is 6.07 Å². The van der Waals surface area contributed by atoms with Crippen LogP contribution in [0.4, 0.5) is 4.39 Å². The van der Waals surface area contributed by atoms with Crippen LogP contribution in [0.15, 0.2) is 23.1 Å². The summed E-state index contributed by atoms with van der Waals surface area (Å²) >= 11 is 3.59. The first-order valence-electron chi connectivity index (χ1n) is 6.65. The van der Waals surface area contributed by atoms with E-state index in [2.05, 4.69) is 10.0 Å². The molecule has 1 aromatic rings. The molecule has 2 rings (SSSR count). The molecule has 8 heteroatoms. The molecule has 1 unspecified atom stereocenters. The number of nitrogens with one attached hydrogen (secondary N) is 2. The van der Waals surface area contributed by atoms with Crippen LogP contribution >= 0.6 is 23.5 Å². The first-order valence-corrected chi connectivity index (χ1v) is 10.3. The summed E-state index contributed by atoms with van der Waals surface area (Å²) in [6.07, 6.45) is 0. The van der Waals surface area contributed by atoms with E-state index in [9.17, 15) is 12.8 Å². The molecule has 0 radical (unpaired) electrons. The maximum Gasteiger partial charge on any atom is 0.243 e. The van der Waals surface area contributed by atoms with Crippen molar-refractivity contribution in [3.8, 4) is 0 Å². The van der Waals surface area contributed by atoms with Crippen molar-refractivity contribution in [1.29, 1.82) is 0 Å². The van der Waals surface area contributed by atoms with Gasteiger partial charge in [-0.15, -0.1) is 0 Å². The van der Waals surface area contributed by atoms with Crippen LogP contribution in [0, 0.1) is 5.82 Å². The maximum absolute atomic E-state index is 14.0. The molecule has 1 heterocycles. The van der Waals surface area contributed by atoms with Gasteiger partial charge < -0.3 is 5.32 Å². The topological polar surface area (TPSA) is 58.2 Å². The van der Waals surface area contributed by atoms with Crippen molar-refractivity contribution in [2.24, 2.45) is 0 Å². The van der Waals surface area contributed by atoms with Gasteiger partial charge in [-0.05, 0) is 24.7 Å². The molecule has 1 atom stereocenters. The fraction of sp³-hybridized carbons (Fsp3) is 0.538. The fourth-order valence-electron chi connectivity index (χ4n) is 2.01. The average molecular weight is 351 g/mol. The van der Waals surface area contributed by atoms with Crippen LogP contribution in [0.2, 0.25) is 0 Å². The Labute approximate surface area is 133 Å². The molecule has 1 fully saturated rings. The normalized spacial score (nSPS) is 19.6. The van der Waals surface area contributed by atoms with Gasteiger partial charge in [0.1, 0.15) is 10.7 Å². The van der Waals surface area contributed by atoms with E-state index in [1.165, 1.54) is 12.1 Å². The van der Waals surface area contributed by atoms with Gasteiger partial charge in [0, 0.05) is 35.6 Å². The van der Waals surface area contributed by atoms with Crippen molar-refractivity contribution in [3.63, 3.8) is 0 Å². The summed E-state index contributed by atoms with van der Waals surface area (Å²) in [5.74, 6) is 2.36. The highest BCUT2D eigenvalue weighted by molar-refractivity contribution is 8.06. The van der Waals surface area contributed by atoms with Gasteiger partial charge in [0.05, 0.1) is 0 Å². The van der Waals surface area contributed by atoms with E-state index >= 15 is 0 Å². The van der Waals surface area contributed by atoms with Crippen molar-refractivity contribution >= 4 is 33.5 Å². The average Bonchev–Trinajstić information content (AvgIpc) is 2.46. The molecule has 0 saturated carbocycles. The van der Waals surface area contributed by atoms with E-state index in [1.807, 2.05) is 11.8 Å². The van der Waals surface area contributed by atoms with E-state index in [0.717, 1.165) is 17.3 Å². The van der Waals surface area contributed by atoms with Crippen molar-refractivity contribution in [3.05, 3.63) is 29.6 Å². The molecule has 0 spiro atoms. The van der Waals surface area contributed by atoms with Crippen LogP contribution < -0.4 is 10.0 Å². The van der Waals surface area contributed by atoms with Crippen LogP contribution in [0.5, 0.6) is 0 Å². The Balaban J connectivity index is 2.04. The third-order valence-electron chi connectivity index (χ3n) is 3.05. The predicted octanol–water partition coefficient (Wildman–Crippen LogP) is 1.67. The molecule has 1 aliphatic heterocycles. The number of halogens is 1. The minimum atomic E-state index is -3.79. The summed E-state index contributed by atoms with van der Waals surface area (Å²) in [5.41, 5.74) is 0.716. The number of hydrogen-bond acceptors (Lipinski definition) is 5. The Morgan fingerprint density at radius 2 is 2.19 bits per heavy atom. The zero-order valence-corrected chi connectivity index (χ0v) is 14.2. The molecule has 2 N–H and O–H groups in total. The lowest BCUT2D eigenvalue weighted by Gasteiger charge is -2.21. The Bertz CT molecular complexity index is 575. The zero-order chi connectivity index (χ0) is 15.3. The van der Waals surface area contributed by atoms with Gasteiger partial charge in [0.2, 0.25) is 10.0 Å². The van der Waals surface area contributed by atoms with E-state index in [4.69, 9.17) is 0 Å². The molecule has 0 aromatic heterocycles. The van der Waals surface area contributed by atoms with E-state index < -0.39 is 15.8 Å². The molecule has 1 aromatic carbocycles. The molecule has 0 aliphatic carbocycles. The Kier molecular flexibility index (Phi) is 6.36. The number of rotatable bonds is 6. The van der Waals surface area contributed by atoms with Gasteiger partial charge >= 0.3 is 0 Å². The fourth-order valence-corrected chi connectivity index (χ4v) is 5.87. The van der Waals surface area contributed by atoms with Crippen LogP contribution in [0.25, 0.3) is 0 Å². The molecule has 21 heavy (non-hydrogen) atoms.